The molecule has 7 heterocycles. The molecule has 3 aromatic carbocycles. The normalized spacial score (nSPS) is 23.1. The number of hydrogen-bond donors (Lipinski definition) is 4. The number of aromatic nitrogens is 3. The molecule has 1 spiro atoms. The summed E-state index contributed by atoms with van der Waals surface area (Å²) in [6, 6.07) is 16.6. The number of halogens is 2. The van der Waals surface area contributed by atoms with E-state index in [4.69, 9.17) is 52.5 Å². The summed E-state index contributed by atoms with van der Waals surface area (Å²) < 4.78 is 20.3. The van der Waals surface area contributed by atoms with Crippen LogP contribution in [0.2, 0.25) is 10.3 Å². The number of oxazole rings is 2. The van der Waals surface area contributed by atoms with E-state index in [1.54, 1.807) is 0 Å². The number of rotatable bonds is 1. The molecular weight excluding hydrogens is 639 g/mol. The molecule has 0 saturated heterocycles. The summed E-state index contributed by atoms with van der Waals surface area (Å²) in [7, 11) is 0. The van der Waals surface area contributed by atoms with E-state index in [0.717, 1.165) is 44.4 Å². The number of para-hydroxylation sites is 1. The van der Waals surface area contributed by atoms with Gasteiger partial charge in [0.15, 0.2) is 28.6 Å². The lowest BCUT2D eigenvalue weighted by Gasteiger charge is -2.28. The van der Waals surface area contributed by atoms with E-state index in [0.29, 0.717) is 39.6 Å². The Hall–Kier alpha value is -4.77. The number of nitrogens with one attached hydrogen (secondary N) is 3. The summed E-state index contributed by atoms with van der Waals surface area (Å²) >= 11 is 13.8. The Kier molecular flexibility index (Phi) is 5.35. The van der Waals surface area contributed by atoms with Crippen LogP contribution < -0.4 is 21.1 Å². The molecule has 5 N–H and O–H groups in total. The maximum absolute atomic E-state index is 13.6. The number of aromatic amines is 1. The van der Waals surface area contributed by atoms with Crippen LogP contribution in [0.4, 0.5) is 5.69 Å². The van der Waals surface area contributed by atoms with Crippen molar-refractivity contribution in [2.24, 2.45) is 11.7 Å². The highest BCUT2D eigenvalue weighted by molar-refractivity contribution is 6.37. The number of carbonyl (C=O) groups is 1. The Bertz CT molecular complexity index is 2360. The lowest BCUT2D eigenvalue weighted by molar-refractivity contribution is -0.123. The van der Waals surface area contributed by atoms with Gasteiger partial charge in [-0.2, -0.15) is 4.98 Å². The van der Waals surface area contributed by atoms with Crippen LogP contribution in [0.5, 0.6) is 5.75 Å². The molecule has 8 bridgehead atoms. The Balaban J connectivity index is 1.42. The fourth-order valence-electron chi connectivity index (χ4n) is 8.00. The molecule has 47 heavy (non-hydrogen) atoms. The Morgan fingerprint density at radius 3 is 2.66 bits per heavy atom. The van der Waals surface area contributed by atoms with Crippen molar-refractivity contribution in [3.63, 3.8) is 0 Å². The third-order valence-corrected chi connectivity index (χ3v) is 10.5. The number of benzene rings is 3. The quantitative estimate of drug-likeness (QED) is 0.148. The highest BCUT2D eigenvalue weighted by Crippen LogP contribution is 2.62. The van der Waals surface area contributed by atoms with Crippen molar-refractivity contribution in [3.05, 3.63) is 93.2 Å². The van der Waals surface area contributed by atoms with Crippen LogP contribution in [0.25, 0.3) is 44.9 Å². The summed E-state index contributed by atoms with van der Waals surface area (Å²) in [4.78, 5) is 26.7. The lowest BCUT2D eigenvalue weighted by atomic mass is 9.70. The van der Waals surface area contributed by atoms with E-state index < -0.39 is 23.7 Å². The fraction of sp³-hybridized carbons (Fsp3) is 0.229. The zero-order chi connectivity index (χ0) is 31.9. The second-order valence-corrected chi connectivity index (χ2v) is 13.7. The molecule has 2 unspecified atom stereocenters. The molecule has 10 rings (SSSR count). The minimum absolute atomic E-state index is 0.0925. The third kappa shape index (κ3) is 3.37. The second kappa shape index (κ2) is 9.19. The molecule has 0 aliphatic carbocycles. The molecule has 4 aliphatic heterocycles. The Morgan fingerprint density at radius 2 is 1.81 bits per heavy atom. The van der Waals surface area contributed by atoms with Gasteiger partial charge >= 0.3 is 0 Å². The minimum Gasteiger partial charge on any atom is -0.469 e. The molecule has 12 heteroatoms. The molecule has 10 nitrogen and oxygen atoms in total. The molecule has 1 amide bonds. The summed E-state index contributed by atoms with van der Waals surface area (Å²) in [6.45, 7) is 3.98. The molecule has 234 valence electrons. The van der Waals surface area contributed by atoms with Gasteiger partial charge in [0.2, 0.25) is 11.8 Å². The molecular formula is C35H26Cl2N6O4. The summed E-state index contributed by atoms with van der Waals surface area (Å²) in [5.74, 6) is 1.49. The van der Waals surface area contributed by atoms with Gasteiger partial charge in [0, 0.05) is 33.3 Å². The number of ether oxygens (including phenoxy) is 1. The number of nitrogens with zero attached hydrogens (tertiary/aromatic N) is 2. The minimum atomic E-state index is -1.07. The van der Waals surface area contributed by atoms with Gasteiger partial charge in [-0.15, -0.1) is 0 Å². The first kappa shape index (κ1) is 27.4. The lowest BCUT2D eigenvalue weighted by Crippen LogP contribution is -2.45. The zero-order valence-electron chi connectivity index (χ0n) is 25.1. The van der Waals surface area contributed by atoms with Crippen LogP contribution in [-0.2, 0) is 16.6 Å². The monoisotopic (exact) mass is 664 g/mol. The average Bonchev–Trinajstić information content (AvgIpc) is 3.84. The maximum Gasteiger partial charge on any atom is 0.250 e. The first-order valence-electron chi connectivity index (χ1n) is 15.5. The van der Waals surface area contributed by atoms with E-state index in [-0.39, 0.29) is 29.3 Å². The van der Waals surface area contributed by atoms with E-state index in [1.807, 2.05) is 50.2 Å². The zero-order valence-corrected chi connectivity index (χ0v) is 26.6. The van der Waals surface area contributed by atoms with Gasteiger partial charge < -0.3 is 34.9 Å². The summed E-state index contributed by atoms with van der Waals surface area (Å²) in [5, 5.41) is 8.19. The van der Waals surface area contributed by atoms with E-state index in [9.17, 15) is 4.79 Å². The van der Waals surface area contributed by atoms with Gasteiger partial charge in [0.05, 0.1) is 11.6 Å². The van der Waals surface area contributed by atoms with Gasteiger partial charge in [-0.25, -0.2) is 4.98 Å². The van der Waals surface area contributed by atoms with Gasteiger partial charge in [0.25, 0.3) is 5.89 Å². The van der Waals surface area contributed by atoms with Crippen molar-refractivity contribution in [1.82, 2.24) is 20.3 Å². The number of nitrogens with two attached hydrogens (primary N) is 1. The highest BCUT2D eigenvalue weighted by Gasteiger charge is 2.62. The topological polar surface area (TPSA) is 144 Å². The highest BCUT2D eigenvalue weighted by atomic mass is 35.5. The number of carbonyl (C=O) groups excluding carboxylic acids is 1. The van der Waals surface area contributed by atoms with Crippen molar-refractivity contribution < 1.29 is 18.4 Å². The molecule has 0 radical (unpaired) electrons. The van der Waals surface area contributed by atoms with Crippen LogP contribution in [0.3, 0.4) is 0 Å². The van der Waals surface area contributed by atoms with Gasteiger partial charge in [-0.05, 0) is 35.6 Å². The predicted octanol–water partition coefficient (Wildman–Crippen LogP) is 6.94. The Morgan fingerprint density at radius 1 is 1.00 bits per heavy atom. The molecule has 6 aromatic rings. The van der Waals surface area contributed by atoms with Crippen LogP contribution >= 0.6 is 23.2 Å². The first-order chi connectivity index (χ1) is 22.8. The smallest absolute Gasteiger partial charge is 0.250 e. The van der Waals surface area contributed by atoms with Crippen molar-refractivity contribution in [2.45, 2.75) is 44.0 Å². The van der Waals surface area contributed by atoms with E-state index in [2.05, 4.69) is 33.8 Å². The summed E-state index contributed by atoms with van der Waals surface area (Å²) in [6.07, 6.45) is -0.368. The van der Waals surface area contributed by atoms with Gasteiger partial charge in [-0.3, -0.25) is 4.79 Å². The van der Waals surface area contributed by atoms with E-state index >= 15 is 0 Å². The van der Waals surface area contributed by atoms with E-state index in [1.165, 1.54) is 0 Å². The second-order valence-electron chi connectivity index (χ2n) is 12.9. The van der Waals surface area contributed by atoms with Crippen molar-refractivity contribution in [1.29, 1.82) is 0 Å². The SMILES string of the molecule is CC(C)[C@@H]1NC(=O)[C@@H](N)Cc2cccc3c2C24c5cccc(c5NC2O3)-c2cccc3[nH]c(Cl)c(c23)-c2oc(nc2Cl)-c2nc1oc24. The number of fused-ring (bicyclic) bond motifs is 6. The predicted molar refractivity (Wildman–Crippen MR) is 177 cm³/mol. The van der Waals surface area contributed by atoms with Crippen molar-refractivity contribution >= 4 is 45.7 Å². The van der Waals surface area contributed by atoms with Crippen molar-refractivity contribution in [3.8, 4) is 39.8 Å². The largest absolute Gasteiger partial charge is 0.469 e. The number of H-pyrrole nitrogens is 1. The van der Waals surface area contributed by atoms with Crippen LogP contribution in [0.1, 0.15) is 48.2 Å². The number of anilines is 1. The number of amides is 1. The molecule has 0 saturated carbocycles. The maximum atomic E-state index is 13.6. The molecule has 4 aliphatic rings. The fourth-order valence-corrected chi connectivity index (χ4v) is 8.49. The Labute approximate surface area is 277 Å². The molecule has 0 fully saturated rings. The van der Waals surface area contributed by atoms with Crippen LogP contribution in [0, 0.1) is 5.92 Å². The van der Waals surface area contributed by atoms with Gasteiger partial charge in [-0.1, -0.05) is 79.5 Å². The molecule has 3 aromatic heterocycles. The van der Waals surface area contributed by atoms with Crippen LogP contribution in [-0.4, -0.2) is 33.1 Å². The third-order valence-electron chi connectivity index (χ3n) is 10.0. The number of hydrogen-bond acceptors (Lipinski definition) is 8. The van der Waals surface area contributed by atoms with Gasteiger partial charge in [0.1, 0.15) is 22.4 Å². The van der Waals surface area contributed by atoms with Crippen LogP contribution in [0.15, 0.2) is 63.4 Å². The summed E-state index contributed by atoms with van der Waals surface area (Å²) in [5.41, 5.74) is 12.6. The standard InChI is InChI=1S/C35H26Cl2N6O4/c1-13(2)24-32-41-26-28(47-32)35-17-9-4-8-16(15-7-5-10-19-21(15)22(29(36)39-19)27-30(37)43-33(26)46-27)25(17)42-34(35)45-20-11-3-6-14(23(20)35)12-18(38)31(44)40-24/h3-11,13,18,24,34,39,42H,12,38H2,1-2H3,(H,40,44)/t18-,24-,34?,35?/m0/s1. The van der Waals surface area contributed by atoms with Crippen molar-refractivity contribution in [2.75, 3.05) is 5.32 Å². The first-order valence-corrected chi connectivity index (χ1v) is 16.2. The molecule has 4 atom stereocenters. The average molecular weight is 666 g/mol.